The molecule has 1 heterocycles. The van der Waals surface area contributed by atoms with Crippen LogP contribution in [0, 0.1) is 11.3 Å². The van der Waals surface area contributed by atoms with Crippen LogP contribution in [0.1, 0.15) is 33.1 Å². The van der Waals surface area contributed by atoms with E-state index < -0.39 is 0 Å². The van der Waals surface area contributed by atoms with Gasteiger partial charge in [-0.1, -0.05) is 31.2 Å². The molecule has 0 spiro atoms. The number of rotatable bonds is 0. The Labute approximate surface area is 102 Å². The summed E-state index contributed by atoms with van der Waals surface area (Å²) in [5.41, 5.74) is 3.47. The molecule has 0 aromatic rings. The van der Waals surface area contributed by atoms with E-state index in [4.69, 9.17) is 4.74 Å². The lowest BCUT2D eigenvalue weighted by molar-refractivity contribution is -0.141. The van der Waals surface area contributed by atoms with E-state index in [1.165, 1.54) is 11.1 Å². The van der Waals surface area contributed by atoms with E-state index in [9.17, 15) is 4.79 Å². The number of hydrogen-bond acceptors (Lipinski definition) is 2. The molecule has 0 aromatic carbocycles. The first kappa shape index (κ1) is 10.8. The van der Waals surface area contributed by atoms with Crippen molar-refractivity contribution in [1.82, 2.24) is 0 Å². The lowest BCUT2D eigenvalue weighted by Gasteiger charge is -2.45. The molecular weight excluding hydrogens is 212 g/mol. The monoisotopic (exact) mass is 230 g/mol. The fourth-order valence-corrected chi connectivity index (χ4v) is 3.52. The first-order chi connectivity index (χ1) is 8.01. The van der Waals surface area contributed by atoms with Crippen LogP contribution in [0.15, 0.2) is 35.5 Å². The number of hydrogen-bond donors (Lipinski definition) is 0. The van der Waals surface area contributed by atoms with Crippen LogP contribution < -0.4 is 0 Å². The van der Waals surface area contributed by atoms with Gasteiger partial charge in [-0.2, -0.15) is 0 Å². The van der Waals surface area contributed by atoms with Crippen molar-refractivity contribution in [3.05, 3.63) is 35.5 Å². The molecule has 0 N–H and O–H groups in total. The lowest BCUT2D eigenvalue weighted by atomic mass is 9.60. The average molecular weight is 230 g/mol. The Morgan fingerprint density at radius 2 is 2.29 bits per heavy atom. The van der Waals surface area contributed by atoms with E-state index in [1.54, 1.807) is 0 Å². The molecule has 17 heavy (non-hydrogen) atoms. The van der Waals surface area contributed by atoms with Crippen molar-refractivity contribution < 1.29 is 9.53 Å². The second-order valence-electron chi connectivity index (χ2n) is 5.78. The highest BCUT2D eigenvalue weighted by Crippen LogP contribution is 2.53. The van der Waals surface area contributed by atoms with Crippen LogP contribution in [0.3, 0.4) is 0 Å². The number of fused-ring (bicyclic) bond motifs is 2. The summed E-state index contributed by atoms with van der Waals surface area (Å²) in [5, 5.41) is 0. The van der Waals surface area contributed by atoms with Crippen LogP contribution >= 0.6 is 0 Å². The van der Waals surface area contributed by atoms with Gasteiger partial charge < -0.3 is 4.74 Å². The van der Waals surface area contributed by atoms with E-state index >= 15 is 0 Å². The Kier molecular flexibility index (Phi) is 2.13. The van der Waals surface area contributed by atoms with Gasteiger partial charge in [0.1, 0.15) is 6.10 Å². The van der Waals surface area contributed by atoms with Gasteiger partial charge in [0.2, 0.25) is 0 Å². The van der Waals surface area contributed by atoms with Gasteiger partial charge in [0.05, 0.1) is 0 Å². The second-order valence-corrected chi connectivity index (χ2v) is 5.78. The van der Waals surface area contributed by atoms with E-state index in [0.29, 0.717) is 5.92 Å². The molecule has 2 aliphatic carbocycles. The molecule has 1 aliphatic heterocycles. The third-order valence-electron chi connectivity index (χ3n) is 4.64. The lowest BCUT2D eigenvalue weighted by Crippen LogP contribution is -2.39. The van der Waals surface area contributed by atoms with Crippen LogP contribution in [-0.4, -0.2) is 12.1 Å². The quantitative estimate of drug-likeness (QED) is 0.472. The fraction of sp³-hybridized carbons (Fsp3) is 0.533. The average Bonchev–Trinajstić information content (AvgIpc) is 2.52. The van der Waals surface area contributed by atoms with Crippen LogP contribution in [0.4, 0.5) is 0 Å². The van der Waals surface area contributed by atoms with Gasteiger partial charge in [-0.05, 0) is 43.1 Å². The summed E-state index contributed by atoms with van der Waals surface area (Å²) in [6.45, 7) is 8.35. The number of ether oxygens (including phenoxy) is 1. The maximum atomic E-state index is 11.6. The van der Waals surface area contributed by atoms with E-state index in [-0.39, 0.29) is 17.5 Å². The van der Waals surface area contributed by atoms with Crippen molar-refractivity contribution in [1.29, 1.82) is 0 Å². The molecule has 2 unspecified atom stereocenters. The number of esters is 1. The Hall–Kier alpha value is -1.31. The maximum absolute atomic E-state index is 11.6. The number of allylic oxidation sites excluding steroid dienone is 3. The normalized spacial score (nSPS) is 40.1. The fourth-order valence-electron chi connectivity index (χ4n) is 3.52. The Morgan fingerprint density at radius 1 is 1.53 bits per heavy atom. The minimum absolute atomic E-state index is 0.0132. The highest BCUT2D eigenvalue weighted by molar-refractivity contribution is 5.91. The predicted molar refractivity (Wildman–Crippen MR) is 66.3 cm³/mol. The predicted octanol–water partition coefficient (Wildman–Crippen LogP) is 3.16. The molecule has 2 heteroatoms. The summed E-state index contributed by atoms with van der Waals surface area (Å²) in [5.74, 6) is 0.352. The first-order valence-corrected chi connectivity index (χ1v) is 6.27. The van der Waals surface area contributed by atoms with Crippen molar-refractivity contribution in [2.45, 2.75) is 39.2 Å². The number of carbonyl (C=O) groups excluding carboxylic acids is 1. The molecule has 3 aliphatic rings. The third-order valence-corrected chi connectivity index (χ3v) is 4.64. The molecule has 3 rings (SSSR count). The molecule has 0 saturated heterocycles. The minimum Gasteiger partial charge on any atom is -0.454 e. The van der Waals surface area contributed by atoms with Crippen molar-refractivity contribution in [2.24, 2.45) is 11.3 Å². The summed E-state index contributed by atoms with van der Waals surface area (Å²) >= 11 is 0. The zero-order valence-corrected chi connectivity index (χ0v) is 10.5. The molecule has 3 atom stereocenters. The Bertz CT molecular complexity index is 469. The van der Waals surface area contributed by atoms with Gasteiger partial charge in [0, 0.05) is 5.57 Å². The van der Waals surface area contributed by atoms with Crippen LogP contribution in [0.5, 0.6) is 0 Å². The molecule has 1 saturated carbocycles. The van der Waals surface area contributed by atoms with Gasteiger partial charge in [0.25, 0.3) is 0 Å². The van der Waals surface area contributed by atoms with Crippen LogP contribution in [0.2, 0.25) is 0 Å². The molecule has 0 radical (unpaired) electrons. The van der Waals surface area contributed by atoms with E-state index in [1.807, 2.05) is 6.92 Å². The van der Waals surface area contributed by atoms with Gasteiger partial charge in [-0.25, -0.2) is 4.79 Å². The smallest absolute Gasteiger partial charge is 0.334 e. The van der Waals surface area contributed by atoms with Crippen molar-refractivity contribution in [2.75, 3.05) is 0 Å². The van der Waals surface area contributed by atoms with Gasteiger partial charge in [-0.3, -0.25) is 0 Å². The molecule has 0 amide bonds. The summed E-state index contributed by atoms with van der Waals surface area (Å²) in [6, 6.07) is 0. The topological polar surface area (TPSA) is 26.3 Å². The molecule has 2 nitrogen and oxygen atoms in total. The van der Waals surface area contributed by atoms with Gasteiger partial charge in [-0.15, -0.1) is 0 Å². The van der Waals surface area contributed by atoms with Crippen LogP contribution in [-0.2, 0) is 9.53 Å². The van der Waals surface area contributed by atoms with Gasteiger partial charge >= 0.3 is 5.97 Å². The Morgan fingerprint density at radius 3 is 3.06 bits per heavy atom. The zero-order chi connectivity index (χ0) is 12.2. The summed E-state index contributed by atoms with van der Waals surface area (Å²) in [7, 11) is 0. The molecule has 0 bridgehead atoms. The largest absolute Gasteiger partial charge is 0.454 e. The van der Waals surface area contributed by atoms with Crippen LogP contribution in [0.25, 0.3) is 0 Å². The minimum atomic E-state index is -0.123. The molecular formula is C15H18O2. The standard InChI is InChI=1S/C15H18O2/c1-9-5-4-6-15(3)8-13-11(7-12(9)15)10(2)14(16)17-13/h4,6,12-13H,1,5,7-8H2,2-3H3/t12?,13?,15-/m1/s1. The highest BCUT2D eigenvalue weighted by atomic mass is 16.5. The molecule has 0 aromatic heterocycles. The van der Waals surface area contributed by atoms with Crippen molar-refractivity contribution >= 4 is 5.97 Å². The maximum Gasteiger partial charge on any atom is 0.334 e. The Balaban J connectivity index is 2.01. The van der Waals surface area contributed by atoms with Crippen molar-refractivity contribution in [3.8, 4) is 0 Å². The molecule has 90 valence electrons. The summed E-state index contributed by atoms with van der Waals surface area (Å²) in [4.78, 5) is 11.6. The van der Waals surface area contributed by atoms with E-state index in [2.05, 4.69) is 25.7 Å². The highest BCUT2D eigenvalue weighted by Gasteiger charge is 2.47. The summed E-state index contributed by atoms with van der Waals surface area (Å²) < 4.78 is 5.45. The third kappa shape index (κ3) is 1.43. The molecule has 1 fully saturated rings. The second kappa shape index (κ2) is 3.34. The summed E-state index contributed by atoms with van der Waals surface area (Å²) in [6.07, 6.45) is 7.35. The van der Waals surface area contributed by atoms with Crippen molar-refractivity contribution in [3.63, 3.8) is 0 Å². The van der Waals surface area contributed by atoms with Gasteiger partial charge in [0.15, 0.2) is 0 Å². The number of carbonyl (C=O) groups is 1. The zero-order valence-electron chi connectivity index (χ0n) is 10.5. The SMILES string of the molecule is C=C1CC=C[C@]2(C)CC3OC(=O)C(C)=C3CC12. The first-order valence-electron chi connectivity index (χ1n) is 6.27. The van der Waals surface area contributed by atoms with E-state index in [0.717, 1.165) is 24.8 Å².